The molecule has 1 aliphatic rings. The quantitative estimate of drug-likeness (QED) is 0.769. The number of aromatic amines is 1. The summed E-state index contributed by atoms with van der Waals surface area (Å²) in [5, 5.41) is 9.04. The average Bonchev–Trinajstić information content (AvgIpc) is 3.17. The van der Waals surface area contributed by atoms with Crippen molar-refractivity contribution in [1.82, 2.24) is 10.2 Å². The van der Waals surface area contributed by atoms with Gasteiger partial charge in [0.2, 0.25) is 6.10 Å². The molecule has 2 heterocycles. The van der Waals surface area contributed by atoms with Crippen LogP contribution in [-0.4, -0.2) is 28.8 Å². The van der Waals surface area contributed by atoms with E-state index in [2.05, 4.69) is 15.5 Å². The number of fused-ring (bicyclic) bond motifs is 1. The molecule has 0 spiro atoms. The Bertz CT molecular complexity index is 912. The van der Waals surface area contributed by atoms with Crippen LogP contribution in [0.5, 0.6) is 11.5 Å². The highest BCUT2D eigenvalue weighted by Gasteiger charge is 2.27. The van der Waals surface area contributed by atoms with Crippen molar-refractivity contribution in [2.45, 2.75) is 6.10 Å². The van der Waals surface area contributed by atoms with Crippen LogP contribution in [0.25, 0.3) is 11.1 Å². The molecule has 1 atom stereocenters. The Balaban J connectivity index is 1.48. The van der Waals surface area contributed by atoms with Gasteiger partial charge in [-0.1, -0.05) is 18.2 Å². The fourth-order valence-electron chi connectivity index (χ4n) is 2.57. The Morgan fingerprint density at radius 1 is 1.20 bits per heavy atom. The molecule has 0 bridgehead atoms. The van der Waals surface area contributed by atoms with Crippen molar-refractivity contribution < 1.29 is 18.7 Å². The molecule has 3 aromatic rings. The molecule has 25 heavy (non-hydrogen) atoms. The van der Waals surface area contributed by atoms with Gasteiger partial charge in [-0.05, 0) is 29.8 Å². The van der Waals surface area contributed by atoms with Gasteiger partial charge in [-0.3, -0.25) is 9.89 Å². The smallest absolute Gasteiger partial charge is 0.269 e. The number of para-hydroxylation sites is 2. The summed E-state index contributed by atoms with van der Waals surface area (Å²) in [6, 6.07) is 11.6. The van der Waals surface area contributed by atoms with E-state index >= 15 is 0 Å². The lowest BCUT2D eigenvalue weighted by Gasteiger charge is -2.25. The summed E-state index contributed by atoms with van der Waals surface area (Å²) in [4.78, 5) is 12.3. The number of nitrogens with one attached hydrogen (secondary N) is 2. The number of H-pyrrole nitrogens is 1. The van der Waals surface area contributed by atoms with Crippen LogP contribution in [0.2, 0.25) is 0 Å². The lowest BCUT2D eigenvalue weighted by Crippen LogP contribution is -2.40. The number of carbonyl (C=O) groups is 1. The lowest BCUT2D eigenvalue weighted by atomic mass is 10.1. The first-order valence-corrected chi connectivity index (χ1v) is 7.69. The van der Waals surface area contributed by atoms with E-state index in [0.717, 1.165) is 5.56 Å². The van der Waals surface area contributed by atoms with Gasteiger partial charge in [0.25, 0.3) is 5.91 Å². The van der Waals surface area contributed by atoms with Crippen LogP contribution in [-0.2, 0) is 4.79 Å². The van der Waals surface area contributed by atoms with Crippen LogP contribution in [0.3, 0.4) is 0 Å². The maximum absolute atomic E-state index is 14.3. The molecule has 0 saturated heterocycles. The minimum Gasteiger partial charge on any atom is -0.485 e. The third-order valence-electron chi connectivity index (χ3n) is 3.86. The number of rotatable bonds is 3. The Morgan fingerprint density at radius 3 is 2.80 bits per heavy atom. The Hall–Kier alpha value is -3.35. The molecule has 0 unspecified atom stereocenters. The molecule has 0 radical (unpaired) electrons. The molecule has 1 aliphatic heterocycles. The lowest BCUT2D eigenvalue weighted by molar-refractivity contribution is -0.125. The van der Waals surface area contributed by atoms with Crippen molar-refractivity contribution in [3.8, 4) is 22.6 Å². The molecule has 0 aliphatic carbocycles. The van der Waals surface area contributed by atoms with E-state index in [1.54, 1.807) is 36.7 Å². The van der Waals surface area contributed by atoms with E-state index in [1.807, 2.05) is 6.07 Å². The predicted molar refractivity (Wildman–Crippen MR) is 89.0 cm³/mol. The van der Waals surface area contributed by atoms with Gasteiger partial charge in [-0.25, -0.2) is 4.39 Å². The molecule has 4 rings (SSSR count). The number of carbonyl (C=O) groups excluding carboxylic acids is 1. The predicted octanol–water partition coefficient (Wildman–Crippen LogP) is 2.99. The standard InChI is InChI=1S/C18H14FN3O3/c19-13-7-11(12-8-20-21-9-12)5-6-14(13)22-18(23)17-10-24-15-3-1-2-4-16(15)25-17/h1-9,17H,10H2,(H,20,21)(H,22,23)/t17-/m1/s1. The second kappa shape index (κ2) is 6.27. The first-order valence-electron chi connectivity index (χ1n) is 7.69. The fourth-order valence-corrected chi connectivity index (χ4v) is 2.57. The van der Waals surface area contributed by atoms with Crippen LogP contribution in [0.1, 0.15) is 0 Å². The van der Waals surface area contributed by atoms with Crippen molar-refractivity contribution in [1.29, 1.82) is 0 Å². The molecule has 0 saturated carbocycles. The second-order valence-corrected chi connectivity index (χ2v) is 5.54. The third kappa shape index (κ3) is 3.03. The largest absolute Gasteiger partial charge is 0.485 e. The van der Waals surface area contributed by atoms with Crippen LogP contribution in [0.15, 0.2) is 54.9 Å². The van der Waals surface area contributed by atoms with E-state index in [-0.39, 0.29) is 12.3 Å². The number of aromatic nitrogens is 2. The summed E-state index contributed by atoms with van der Waals surface area (Å²) in [5.41, 5.74) is 1.51. The first-order chi connectivity index (χ1) is 12.2. The SMILES string of the molecule is O=C(Nc1ccc(-c2cn[nH]c2)cc1F)[C@H]1COc2ccccc2O1. The first kappa shape index (κ1) is 15.2. The van der Waals surface area contributed by atoms with Crippen molar-refractivity contribution in [2.24, 2.45) is 0 Å². The number of halogens is 1. The summed E-state index contributed by atoms with van der Waals surface area (Å²) in [7, 11) is 0. The maximum Gasteiger partial charge on any atom is 0.269 e. The number of hydrogen-bond acceptors (Lipinski definition) is 4. The van der Waals surface area contributed by atoms with Gasteiger partial charge in [-0.2, -0.15) is 5.10 Å². The minimum absolute atomic E-state index is 0.0670. The van der Waals surface area contributed by atoms with Gasteiger partial charge in [0.05, 0.1) is 11.9 Å². The summed E-state index contributed by atoms with van der Waals surface area (Å²) < 4.78 is 25.4. The maximum atomic E-state index is 14.3. The third-order valence-corrected chi connectivity index (χ3v) is 3.86. The van der Waals surface area contributed by atoms with E-state index < -0.39 is 17.8 Å². The average molecular weight is 339 g/mol. The number of hydrogen-bond donors (Lipinski definition) is 2. The molecular weight excluding hydrogens is 325 g/mol. The fraction of sp³-hybridized carbons (Fsp3) is 0.111. The van der Waals surface area contributed by atoms with E-state index in [4.69, 9.17) is 9.47 Å². The highest BCUT2D eigenvalue weighted by Crippen LogP contribution is 2.31. The van der Waals surface area contributed by atoms with Gasteiger partial charge >= 0.3 is 0 Å². The van der Waals surface area contributed by atoms with Gasteiger partial charge in [-0.15, -0.1) is 0 Å². The Morgan fingerprint density at radius 2 is 2.04 bits per heavy atom. The van der Waals surface area contributed by atoms with Crippen LogP contribution in [0.4, 0.5) is 10.1 Å². The molecule has 1 aromatic heterocycles. The molecule has 126 valence electrons. The van der Waals surface area contributed by atoms with E-state index in [9.17, 15) is 9.18 Å². The second-order valence-electron chi connectivity index (χ2n) is 5.54. The van der Waals surface area contributed by atoms with E-state index in [1.165, 1.54) is 12.1 Å². The molecule has 7 heteroatoms. The Kier molecular flexibility index (Phi) is 3.81. The topological polar surface area (TPSA) is 76.2 Å². The molecule has 1 amide bonds. The highest BCUT2D eigenvalue weighted by molar-refractivity contribution is 5.95. The number of anilines is 1. The molecule has 6 nitrogen and oxygen atoms in total. The van der Waals surface area contributed by atoms with Gasteiger partial charge in [0.15, 0.2) is 11.5 Å². The van der Waals surface area contributed by atoms with Crippen molar-refractivity contribution >= 4 is 11.6 Å². The zero-order chi connectivity index (χ0) is 17.2. The van der Waals surface area contributed by atoms with Crippen LogP contribution < -0.4 is 14.8 Å². The molecule has 2 aromatic carbocycles. The monoisotopic (exact) mass is 339 g/mol. The number of nitrogens with zero attached hydrogens (tertiary/aromatic N) is 1. The van der Waals surface area contributed by atoms with Crippen LogP contribution in [0, 0.1) is 5.82 Å². The van der Waals surface area contributed by atoms with Crippen LogP contribution >= 0.6 is 0 Å². The Labute approximate surface area is 142 Å². The highest BCUT2D eigenvalue weighted by atomic mass is 19.1. The summed E-state index contributed by atoms with van der Waals surface area (Å²) in [5.74, 6) is 0.0699. The van der Waals surface area contributed by atoms with Crippen molar-refractivity contribution in [3.05, 3.63) is 60.7 Å². The van der Waals surface area contributed by atoms with Crippen molar-refractivity contribution in [3.63, 3.8) is 0 Å². The van der Waals surface area contributed by atoms with Crippen molar-refractivity contribution in [2.75, 3.05) is 11.9 Å². The normalized spacial score (nSPS) is 15.6. The van der Waals surface area contributed by atoms with Gasteiger partial charge < -0.3 is 14.8 Å². The molecule has 0 fully saturated rings. The molecular formula is C18H14FN3O3. The summed E-state index contributed by atoms with van der Waals surface area (Å²) in [6.07, 6.45) is 2.41. The van der Waals surface area contributed by atoms with Gasteiger partial charge in [0.1, 0.15) is 12.4 Å². The number of benzene rings is 2. The number of amides is 1. The summed E-state index contributed by atoms with van der Waals surface area (Å²) in [6.45, 7) is 0.0670. The number of ether oxygens (including phenoxy) is 2. The zero-order valence-electron chi connectivity index (χ0n) is 13.0. The molecule has 2 N–H and O–H groups in total. The summed E-state index contributed by atoms with van der Waals surface area (Å²) >= 11 is 0. The minimum atomic E-state index is -0.845. The van der Waals surface area contributed by atoms with Gasteiger partial charge in [0, 0.05) is 11.8 Å². The van der Waals surface area contributed by atoms with E-state index in [0.29, 0.717) is 17.1 Å². The zero-order valence-corrected chi connectivity index (χ0v) is 13.0.